The number of carbonyl (C=O) groups is 1. The molecule has 1 N–H and O–H groups in total. The molecule has 0 unspecified atom stereocenters. The van der Waals surface area contributed by atoms with Crippen LogP contribution in [0.5, 0.6) is 0 Å². The predicted molar refractivity (Wildman–Crippen MR) is 54.7 cm³/mol. The Labute approximate surface area is 90.9 Å². The molecule has 0 fully saturated rings. The van der Waals surface area contributed by atoms with Crippen molar-refractivity contribution in [3.8, 4) is 6.07 Å². The average molecular weight is 216 g/mol. The van der Waals surface area contributed by atoms with Crippen molar-refractivity contribution in [3.63, 3.8) is 0 Å². The first kappa shape index (κ1) is 10.2. The minimum Gasteiger partial charge on any atom is -0.481 e. The summed E-state index contributed by atoms with van der Waals surface area (Å²) in [6.45, 7) is 0. The summed E-state index contributed by atoms with van der Waals surface area (Å²) in [6.07, 6.45) is 0.0688. The van der Waals surface area contributed by atoms with E-state index in [0.717, 1.165) is 5.56 Å². The first-order valence-corrected chi connectivity index (χ1v) is 4.66. The van der Waals surface area contributed by atoms with Crippen LogP contribution < -0.4 is 0 Å². The molecule has 1 heterocycles. The van der Waals surface area contributed by atoms with Gasteiger partial charge in [0.2, 0.25) is 5.89 Å². The molecule has 0 aliphatic rings. The van der Waals surface area contributed by atoms with Gasteiger partial charge in [-0.05, 0) is 17.7 Å². The fraction of sp³-hybridized carbons (Fsp3) is 0.182. The zero-order chi connectivity index (χ0) is 11.5. The van der Waals surface area contributed by atoms with Gasteiger partial charge in [-0.2, -0.15) is 5.26 Å². The maximum Gasteiger partial charge on any atom is 0.312 e. The van der Waals surface area contributed by atoms with Gasteiger partial charge in [0.25, 0.3) is 0 Å². The van der Waals surface area contributed by atoms with Crippen molar-refractivity contribution in [3.05, 3.63) is 29.7 Å². The van der Waals surface area contributed by atoms with Crippen LogP contribution in [0.2, 0.25) is 0 Å². The molecule has 16 heavy (non-hydrogen) atoms. The molecule has 0 spiro atoms. The summed E-state index contributed by atoms with van der Waals surface area (Å²) in [5.74, 6) is -0.805. The third-order valence-electron chi connectivity index (χ3n) is 2.08. The number of nitrogens with zero attached hydrogens (tertiary/aromatic N) is 2. The van der Waals surface area contributed by atoms with Gasteiger partial charge in [-0.15, -0.1) is 0 Å². The number of carboxylic acid groups (broad SMARTS) is 1. The van der Waals surface area contributed by atoms with E-state index in [1.165, 1.54) is 0 Å². The third kappa shape index (κ3) is 2.01. The highest BCUT2D eigenvalue weighted by molar-refractivity contribution is 5.75. The largest absolute Gasteiger partial charge is 0.481 e. The van der Waals surface area contributed by atoms with Gasteiger partial charge < -0.3 is 9.52 Å². The lowest BCUT2D eigenvalue weighted by Crippen LogP contribution is -1.99. The molecule has 80 valence electrons. The van der Waals surface area contributed by atoms with E-state index in [2.05, 4.69) is 4.98 Å². The summed E-state index contributed by atoms with van der Waals surface area (Å²) in [7, 11) is 0. The normalized spacial score (nSPS) is 10.2. The van der Waals surface area contributed by atoms with E-state index >= 15 is 0 Å². The standard InChI is InChI=1S/C11H8N2O3/c12-4-3-7-1-2-9-8(5-7)13-10(16-9)6-11(14)15/h1-2,5H,3,6H2,(H,14,15). The van der Waals surface area contributed by atoms with Crippen molar-refractivity contribution in [1.29, 1.82) is 5.26 Å². The third-order valence-corrected chi connectivity index (χ3v) is 2.08. The Morgan fingerprint density at radius 2 is 2.38 bits per heavy atom. The number of carboxylic acids is 1. The van der Waals surface area contributed by atoms with Crippen molar-refractivity contribution in [2.24, 2.45) is 0 Å². The van der Waals surface area contributed by atoms with Crippen LogP contribution in [-0.4, -0.2) is 16.1 Å². The molecule has 0 bridgehead atoms. The van der Waals surface area contributed by atoms with Gasteiger partial charge >= 0.3 is 5.97 Å². The quantitative estimate of drug-likeness (QED) is 0.840. The fourth-order valence-electron chi connectivity index (χ4n) is 1.43. The minimum absolute atomic E-state index is 0.177. The lowest BCUT2D eigenvalue weighted by Gasteiger charge is -1.91. The number of oxazole rings is 1. The Balaban J connectivity index is 2.38. The Morgan fingerprint density at radius 1 is 1.56 bits per heavy atom. The van der Waals surface area contributed by atoms with E-state index in [1.807, 2.05) is 6.07 Å². The maximum absolute atomic E-state index is 10.5. The molecule has 0 radical (unpaired) electrons. The van der Waals surface area contributed by atoms with Gasteiger partial charge in [-0.25, -0.2) is 4.98 Å². The second-order valence-electron chi connectivity index (χ2n) is 3.32. The molecular weight excluding hydrogens is 208 g/mol. The van der Waals surface area contributed by atoms with Gasteiger partial charge in [-0.3, -0.25) is 4.79 Å². The average Bonchev–Trinajstić information content (AvgIpc) is 2.58. The summed E-state index contributed by atoms with van der Waals surface area (Å²) < 4.78 is 5.24. The summed E-state index contributed by atoms with van der Waals surface area (Å²) in [5.41, 5.74) is 1.96. The van der Waals surface area contributed by atoms with E-state index in [0.29, 0.717) is 17.5 Å². The van der Waals surface area contributed by atoms with Gasteiger partial charge in [0.05, 0.1) is 12.5 Å². The van der Waals surface area contributed by atoms with Gasteiger partial charge in [0, 0.05) is 0 Å². The number of fused-ring (bicyclic) bond motifs is 1. The summed E-state index contributed by atoms with van der Waals surface area (Å²) in [4.78, 5) is 14.5. The first-order chi connectivity index (χ1) is 7.69. The highest BCUT2D eigenvalue weighted by atomic mass is 16.4. The van der Waals surface area contributed by atoms with Crippen molar-refractivity contribution < 1.29 is 14.3 Å². The zero-order valence-electron chi connectivity index (χ0n) is 8.30. The van der Waals surface area contributed by atoms with Crippen molar-refractivity contribution in [1.82, 2.24) is 4.98 Å². The maximum atomic E-state index is 10.5. The van der Waals surface area contributed by atoms with E-state index < -0.39 is 5.97 Å². The highest BCUT2D eigenvalue weighted by Crippen LogP contribution is 2.17. The van der Waals surface area contributed by atoms with Crippen LogP contribution in [-0.2, 0) is 17.6 Å². The monoisotopic (exact) mass is 216 g/mol. The van der Waals surface area contributed by atoms with Crippen molar-refractivity contribution in [2.75, 3.05) is 0 Å². The topological polar surface area (TPSA) is 87.1 Å². The summed E-state index contributed by atoms with van der Waals surface area (Å²) in [5, 5.41) is 17.1. The molecule has 0 atom stereocenters. The molecule has 0 aliphatic heterocycles. The zero-order valence-corrected chi connectivity index (χ0v) is 8.30. The second-order valence-corrected chi connectivity index (χ2v) is 3.32. The Kier molecular flexibility index (Phi) is 2.56. The Bertz CT molecular complexity index is 580. The van der Waals surface area contributed by atoms with Crippen LogP contribution in [0.25, 0.3) is 11.1 Å². The van der Waals surface area contributed by atoms with E-state index in [1.54, 1.807) is 18.2 Å². The van der Waals surface area contributed by atoms with Gasteiger partial charge in [0.15, 0.2) is 5.58 Å². The van der Waals surface area contributed by atoms with Gasteiger partial charge in [-0.1, -0.05) is 6.07 Å². The molecule has 0 saturated carbocycles. The molecule has 0 saturated heterocycles. The number of rotatable bonds is 3. The minimum atomic E-state index is -0.983. The second kappa shape index (κ2) is 4.03. The first-order valence-electron chi connectivity index (χ1n) is 4.66. The van der Waals surface area contributed by atoms with Crippen LogP contribution in [0, 0.1) is 11.3 Å². The molecule has 5 nitrogen and oxygen atoms in total. The van der Waals surface area contributed by atoms with Crippen molar-refractivity contribution >= 4 is 17.1 Å². The van der Waals surface area contributed by atoms with E-state index in [9.17, 15) is 4.79 Å². The lowest BCUT2D eigenvalue weighted by molar-refractivity contribution is -0.136. The molecule has 1 aromatic heterocycles. The number of hydrogen-bond donors (Lipinski definition) is 1. The molecular formula is C11H8N2O3. The number of nitriles is 1. The summed E-state index contributed by atoms with van der Waals surface area (Å²) >= 11 is 0. The van der Waals surface area contributed by atoms with Crippen LogP contribution in [0.3, 0.4) is 0 Å². The molecule has 1 aromatic carbocycles. The van der Waals surface area contributed by atoms with Crippen LogP contribution >= 0.6 is 0 Å². The van der Waals surface area contributed by atoms with E-state index in [-0.39, 0.29) is 12.3 Å². The summed E-state index contributed by atoms with van der Waals surface area (Å²) in [6, 6.07) is 7.22. The predicted octanol–water partition coefficient (Wildman–Crippen LogP) is 1.52. The molecule has 0 aliphatic carbocycles. The van der Waals surface area contributed by atoms with Crippen LogP contribution in [0.1, 0.15) is 11.5 Å². The molecule has 0 amide bonds. The fourth-order valence-corrected chi connectivity index (χ4v) is 1.43. The number of aliphatic carboxylic acids is 1. The molecule has 2 aromatic rings. The van der Waals surface area contributed by atoms with Gasteiger partial charge in [0.1, 0.15) is 11.9 Å². The smallest absolute Gasteiger partial charge is 0.312 e. The number of hydrogen-bond acceptors (Lipinski definition) is 4. The number of benzene rings is 1. The Morgan fingerprint density at radius 3 is 3.06 bits per heavy atom. The SMILES string of the molecule is N#CCc1ccc2oc(CC(=O)O)nc2c1. The lowest BCUT2D eigenvalue weighted by atomic mass is 10.1. The highest BCUT2D eigenvalue weighted by Gasteiger charge is 2.09. The molecule has 5 heteroatoms. The van der Waals surface area contributed by atoms with Crippen LogP contribution in [0.4, 0.5) is 0 Å². The Hall–Kier alpha value is -2.35. The van der Waals surface area contributed by atoms with E-state index in [4.69, 9.17) is 14.8 Å². The number of aromatic nitrogens is 1. The van der Waals surface area contributed by atoms with Crippen LogP contribution in [0.15, 0.2) is 22.6 Å². The molecule has 2 rings (SSSR count). The van der Waals surface area contributed by atoms with Crippen molar-refractivity contribution in [2.45, 2.75) is 12.8 Å².